The summed E-state index contributed by atoms with van der Waals surface area (Å²) in [6, 6.07) is 4.19. The van der Waals surface area contributed by atoms with Crippen molar-refractivity contribution in [2.24, 2.45) is 0 Å². The van der Waals surface area contributed by atoms with Crippen LogP contribution in [0.2, 0.25) is 0 Å². The van der Waals surface area contributed by atoms with E-state index in [9.17, 15) is 14.9 Å². The molecule has 1 aromatic carbocycles. The predicted molar refractivity (Wildman–Crippen MR) is 72.7 cm³/mol. The molecule has 0 radical (unpaired) electrons. The lowest BCUT2D eigenvalue weighted by Gasteiger charge is -2.20. The van der Waals surface area contributed by atoms with Gasteiger partial charge in [-0.05, 0) is 26.8 Å². The van der Waals surface area contributed by atoms with Gasteiger partial charge in [0.15, 0.2) is 0 Å². The Kier molecular flexibility index (Phi) is 4.90. The minimum Gasteiger partial charge on any atom is -0.496 e. The van der Waals surface area contributed by atoms with Crippen LogP contribution in [-0.2, 0) is 11.3 Å². The van der Waals surface area contributed by atoms with Gasteiger partial charge in [-0.25, -0.2) is 4.79 Å². The number of nitrogens with one attached hydrogen (secondary N) is 1. The van der Waals surface area contributed by atoms with Gasteiger partial charge in [-0.2, -0.15) is 0 Å². The fourth-order valence-corrected chi connectivity index (χ4v) is 1.50. The van der Waals surface area contributed by atoms with E-state index >= 15 is 0 Å². The monoisotopic (exact) mass is 282 g/mol. The maximum atomic E-state index is 11.5. The van der Waals surface area contributed by atoms with Crippen LogP contribution >= 0.6 is 0 Å². The third kappa shape index (κ3) is 4.75. The highest BCUT2D eigenvalue weighted by Crippen LogP contribution is 2.23. The van der Waals surface area contributed by atoms with Crippen molar-refractivity contribution in [3.8, 4) is 5.75 Å². The fraction of sp³-hybridized carbons (Fsp3) is 0.462. The number of benzene rings is 1. The van der Waals surface area contributed by atoms with Gasteiger partial charge in [-0.15, -0.1) is 0 Å². The molecule has 1 amide bonds. The highest BCUT2D eigenvalue weighted by molar-refractivity contribution is 5.67. The molecule has 0 spiro atoms. The number of ether oxygens (including phenoxy) is 2. The number of nitrogens with zero attached hydrogens (tertiary/aromatic N) is 1. The number of non-ortho nitro benzene ring substituents is 1. The molecule has 1 N–H and O–H groups in total. The SMILES string of the molecule is COc1ccc([N+](=O)[O-])cc1CNC(=O)OC(C)(C)C. The number of rotatable bonds is 4. The van der Waals surface area contributed by atoms with Gasteiger partial charge in [-0.1, -0.05) is 0 Å². The Bertz CT molecular complexity index is 508. The van der Waals surface area contributed by atoms with E-state index in [1.165, 1.54) is 25.3 Å². The summed E-state index contributed by atoms with van der Waals surface area (Å²) >= 11 is 0. The Morgan fingerprint density at radius 1 is 1.40 bits per heavy atom. The first-order valence-corrected chi connectivity index (χ1v) is 6.01. The number of hydrogen-bond donors (Lipinski definition) is 1. The Balaban J connectivity index is 2.78. The topological polar surface area (TPSA) is 90.7 Å². The molecule has 0 aliphatic heterocycles. The Hall–Kier alpha value is -2.31. The molecule has 1 aromatic rings. The van der Waals surface area contributed by atoms with Crippen LogP contribution in [0.15, 0.2) is 18.2 Å². The quantitative estimate of drug-likeness (QED) is 0.677. The van der Waals surface area contributed by atoms with Gasteiger partial charge in [0.05, 0.1) is 18.6 Å². The average Bonchev–Trinajstić information content (AvgIpc) is 2.33. The number of nitro benzene ring substituents is 1. The largest absolute Gasteiger partial charge is 0.496 e. The van der Waals surface area contributed by atoms with Crippen molar-refractivity contribution in [3.63, 3.8) is 0 Å². The molecule has 0 unspecified atom stereocenters. The summed E-state index contributed by atoms with van der Waals surface area (Å²) < 4.78 is 10.2. The van der Waals surface area contributed by atoms with Crippen LogP contribution in [0, 0.1) is 10.1 Å². The maximum Gasteiger partial charge on any atom is 0.407 e. The van der Waals surface area contributed by atoms with Gasteiger partial charge in [0.2, 0.25) is 0 Å². The third-order valence-electron chi connectivity index (χ3n) is 2.30. The zero-order valence-electron chi connectivity index (χ0n) is 11.9. The second kappa shape index (κ2) is 6.23. The molecule has 20 heavy (non-hydrogen) atoms. The molecule has 0 saturated carbocycles. The summed E-state index contributed by atoms with van der Waals surface area (Å²) in [4.78, 5) is 21.8. The number of alkyl carbamates (subject to hydrolysis) is 1. The van der Waals surface area contributed by atoms with Crippen LogP contribution in [-0.4, -0.2) is 23.7 Å². The molecule has 0 aromatic heterocycles. The van der Waals surface area contributed by atoms with Gasteiger partial charge in [0.1, 0.15) is 11.4 Å². The summed E-state index contributed by atoms with van der Waals surface area (Å²) in [5.74, 6) is 0.464. The second-order valence-electron chi connectivity index (χ2n) is 5.11. The van der Waals surface area contributed by atoms with E-state index in [-0.39, 0.29) is 12.2 Å². The van der Waals surface area contributed by atoms with Crippen LogP contribution in [0.5, 0.6) is 5.75 Å². The summed E-state index contributed by atoms with van der Waals surface area (Å²) in [6.45, 7) is 5.33. The van der Waals surface area contributed by atoms with Crippen molar-refractivity contribution in [1.82, 2.24) is 5.32 Å². The van der Waals surface area contributed by atoms with Crippen molar-refractivity contribution in [1.29, 1.82) is 0 Å². The van der Waals surface area contributed by atoms with E-state index in [1.807, 2.05) is 0 Å². The van der Waals surface area contributed by atoms with E-state index in [4.69, 9.17) is 9.47 Å². The van der Waals surface area contributed by atoms with E-state index in [2.05, 4.69) is 5.32 Å². The molecule has 7 heteroatoms. The van der Waals surface area contributed by atoms with Crippen molar-refractivity contribution in [2.45, 2.75) is 32.9 Å². The van der Waals surface area contributed by atoms with Crippen LogP contribution in [0.3, 0.4) is 0 Å². The van der Waals surface area contributed by atoms with E-state index in [0.717, 1.165) is 0 Å². The summed E-state index contributed by atoms with van der Waals surface area (Å²) in [7, 11) is 1.46. The van der Waals surface area contributed by atoms with Gasteiger partial charge < -0.3 is 14.8 Å². The highest BCUT2D eigenvalue weighted by Gasteiger charge is 2.17. The van der Waals surface area contributed by atoms with Crippen molar-refractivity contribution in [2.75, 3.05) is 7.11 Å². The molecule has 0 atom stereocenters. The lowest BCUT2D eigenvalue weighted by Crippen LogP contribution is -2.32. The standard InChI is InChI=1S/C13H18N2O5/c1-13(2,3)20-12(16)14-8-9-7-10(15(17)18)5-6-11(9)19-4/h5-7H,8H2,1-4H3,(H,14,16). The summed E-state index contributed by atoms with van der Waals surface area (Å²) in [6.07, 6.45) is -0.592. The molecule has 0 aliphatic rings. The van der Waals surface area contributed by atoms with E-state index in [0.29, 0.717) is 11.3 Å². The molecule has 0 bridgehead atoms. The number of amides is 1. The number of carbonyl (C=O) groups is 1. The smallest absolute Gasteiger partial charge is 0.407 e. The molecule has 1 rings (SSSR count). The van der Waals surface area contributed by atoms with Crippen LogP contribution in [0.4, 0.5) is 10.5 Å². The van der Waals surface area contributed by atoms with Crippen molar-refractivity contribution >= 4 is 11.8 Å². The molecule has 0 saturated heterocycles. The first-order chi connectivity index (χ1) is 9.23. The number of carbonyl (C=O) groups excluding carboxylic acids is 1. The second-order valence-corrected chi connectivity index (χ2v) is 5.11. The molecule has 0 fully saturated rings. The van der Waals surface area contributed by atoms with Crippen molar-refractivity contribution < 1.29 is 19.2 Å². The molecule has 110 valence electrons. The highest BCUT2D eigenvalue weighted by atomic mass is 16.6. The minimum absolute atomic E-state index is 0.0632. The molecule has 0 aliphatic carbocycles. The van der Waals surface area contributed by atoms with Crippen LogP contribution in [0.25, 0.3) is 0 Å². The van der Waals surface area contributed by atoms with Gasteiger partial charge in [-0.3, -0.25) is 10.1 Å². The predicted octanol–water partition coefficient (Wildman–Crippen LogP) is 2.63. The Labute approximate surface area is 117 Å². The minimum atomic E-state index is -0.600. The van der Waals surface area contributed by atoms with Crippen LogP contribution < -0.4 is 10.1 Å². The zero-order valence-corrected chi connectivity index (χ0v) is 11.9. The van der Waals surface area contributed by atoms with Crippen LogP contribution in [0.1, 0.15) is 26.3 Å². The molecular weight excluding hydrogens is 264 g/mol. The normalized spacial score (nSPS) is 10.8. The average molecular weight is 282 g/mol. The first kappa shape index (κ1) is 15.7. The van der Waals surface area contributed by atoms with Gasteiger partial charge in [0.25, 0.3) is 5.69 Å². The summed E-state index contributed by atoms with van der Waals surface area (Å²) in [5.41, 5.74) is -0.157. The fourth-order valence-electron chi connectivity index (χ4n) is 1.50. The Morgan fingerprint density at radius 3 is 2.55 bits per heavy atom. The number of methoxy groups -OCH3 is 1. The number of hydrogen-bond acceptors (Lipinski definition) is 5. The zero-order chi connectivity index (χ0) is 15.3. The molecular formula is C13H18N2O5. The third-order valence-corrected chi connectivity index (χ3v) is 2.30. The lowest BCUT2D eigenvalue weighted by molar-refractivity contribution is -0.384. The van der Waals surface area contributed by atoms with E-state index < -0.39 is 16.6 Å². The Morgan fingerprint density at radius 2 is 2.05 bits per heavy atom. The summed E-state index contributed by atoms with van der Waals surface area (Å²) in [5, 5.41) is 13.3. The number of nitro groups is 1. The maximum absolute atomic E-state index is 11.5. The molecule has 7 nitrogen and oxygen atoms in total. The molecule has 0 heterocycles. The lowest BCUT2D eigenvalue weighted by atomic mass is 10.1. The first-order valence-electron chi connectivity index (χ1n) is 6.01. The van der Waals surface area contributed by atoms with Crippen molar-refractivity contribution in [3.05, 3.63) is 33.9 Å². The van der Waals surface area contributed by atoms with Gasteiger partial charge >= 0.3 is 6.09 Å². The van der Waals surface area contributed by atoms with E-state index in [1.54, 1.807) is 20.8 Å². The van der Waals surface area contributed by atoms with Gasteiger partial charge in [0, 0.05) is 17.7 Å².